The van der Waals surface area contributed by atoms with Gasteiger partial charge >= 0.3 is 5.56 Å². The predicted octanol–water partition coefficient (Wildman–Crippen LogP) is 3.74. The number of hydrogen-bond acceptors (Lipinski definition) is 8. The van der Waals surface area contributed by atoms with Crippen LogP contribution in [0, 0.1) is 13.5 Å². The van der Waals surface area contributed by atoms with Crippen LogP contribution in [0.5, 0.6) is 0 Å². The number of nitrogens with one attached hydrogen (secondary N) is 2. The molecule has 0 amide bonds. The summed E-state index contributed by atoms with van der Waals surface area (Å²) in [6.45, 7) is 15.0. The lowest BCUT2D eigenvalue weighted by atomic mass is 9.91. The molecule has 10 nitrogen and oxygen atoms in total. The minimum absolute atomic E-state index is 0.119. The van der Waals surface area contributed by atoms with Gasteiger partial charge in [0.25, 0.3) is 5.69 Å². The van der Waals surface area contributed by atoms with Gasteiger partial charge < -0.3 is 0 Å². The normalized spacial score (nSPS) is 12.0. The third-order valence-electron chi connectivity index (χ3n) is 3.66. The van der Waals surface area contributed by atoms with E-state index >= 15 is 0 Å². The number of hydrogen-bond donors (Lipinski definition) is 3. The summed E-state index contributed by atoms with van der Waals surface area (Å²) in [6.07, 6.45) is 0. The largest absolute Gasteiger partial charge is 0.301 e. The Kier molecular flexibility index (Phi) is 4.99. The van der Waals surface area contributed by atoms with Crippen molar-refractivity contribution in [3.05, 3.63) is 39.0 Å². The zero-order valence-electron chi connectivity index (χ0n) is 15.1. The molecule has 0 aromatic carbocycles. The highest BCUT2D eigenvalue weighted by Gasteiger charge is 2.24. The molecule has 0 aliphatic heterocycles. The quantitative estimate of drug-likeness (QED) is 0.349. The lowest BCUT2D eigenvalue weighted by molar-refractivity contribution is 0.569. The standard InChI is InChI=1S/C15H17N9OS2/c1-7-9(13(25)24(22-7)14-17-8(6-26)23-27-14)18-20-12-10(16-5)11(19-21-12)15(2,3)4/h22,26H,6H2,1-4H3,(H,19,21). The van der Waals surface area contributed by atoms with Crippen LogP contribution in [0.3, 0.4) is 0 Å². The molecule has 3 aromatic rings. The van der Waals surface area contributed by atoms with E-state index in [1.165, 1.54) is 4.68 Å². The Balaban J connectivity index is 1.99. The SMILES string of the molecule is [C-]#[N+]c1c(N=Nc2c(C)[nH]n(-c3nc(CS)ns3)c2=O)n[nH]c1C(C)(C)C. The van der Waals surface area contributed by atoms with Gasteiger partial charge in [-0.25, -0.2) is 9.83 Å². The van der Waals surface area contributed by atoms with Crippen LogP contribution in [0.15, 0.2) is 15.0 Å². The summed E-state index contributed by atoms with van der Waals surface area (Å²) in [5.74, 6) is 1.06. The summed E-state index contributed by atoms with van der Waals surface area (Å²) in [5.41, 5.74) is 0.898. The molecule has 2 N–H and O–H groups in total. The lowest BCUT2D eigenvalue weighted by Crippen LogP contribution is -2.13. The highest BCUT2D eigenvalue weighted by Crippen LogP contribution is 2.37. The highest BCUT2D eigenvalue weighted by atomic mass is 32.1. The van der Waals surface area contributed by atoms with Crippen LogP contribution in [0.4, 0.5) is 17.2 Å². The van der Waals surface area contributed by atoms with Gasteiger partial charge in [-0.3, -0.25) is 15.0 Å². The van der Waals surface area contributed by atoms with E-state index in [1.54, 1.807) is 6.92 Å². The Hall–Kier alpha value is -2.78. The van der Waals surface area contributed by atoms with E-state index in [-0.39, 0.29) is 16.9 Å². The molecule has 0 saturated carbocycles. The number of aromatic amines is 2. The van der Waals surface area contributed by atoms with Crippen LogP contribution in [0.25, 0.3) is 9.98 Å². The average Bonchev–Trinajstić information content (AvgIpc) is 3.30. The molecule has 3 aromatic heterocycles. The summed E-state index contributed by atoms with van der Waals surface area (Å²) in [4.78, 5) is 20.4. The van der Waals surface area contributed by atoms with Crippen molar-refractivity contribution in [3.8, 4) is 5.13 Å². The molecule has 3 heterocycles. The summed E-state index contributed by atoms with van der Waals surface area (Å²) < 4.78 is 5.37. The zero-order valence-corrected chi connectivity index (χ0v) is 16.8. The van der Waals surface area contributed by atoms with Crippen LogP contribution in [0.2, 0.25) is 0 Å². The van der Waals surface area contributed by atoms with E-state index in [2.05, 4.69) is 52.4 Å². The van der Waals surface area contributed by atoms with E-state index in [4.69, 9.17) is 6.57 Å². The second-order valence-corrected chi connectivity index (χ2v) is 7.76. The van der Waals surface area contributed by atoms with Gasteiger partial charge in [-0.2, -0.15) is 26.8 Å². The van der Waals surface area contributed by atoms with E-state index < -0.39 is 5.56 Å². The summed E-state index contributed by atoms with van der Waals surface area (Å²) in [6, 6.07) is 0. The maximum absolute atomic E-state index is 12.6. The van der Waals surface area contributed by atoms with E-state index in [9.17, 15) is 4.79 Å². The van der Waals surface area contributed by atoms with Gasteiger partial charge in [0.05, 0.1) is 18.0 Å². The molecule has 0 atom stereocenters. The molecule has 12 heteroatoms. The number of thiol groups is 1. The Morgan fingerprint density at radius 3 is 2.70 bits per heavy atom. The van der Waals surface area contributed by atoms with Crippen molar-refractivity contribution in [2.45, 2.75) is 38.9 Å². The van der Waals surface area contributed by atoms with Crippen LogP contribution in [-0.4, -0.2) is 29.3 Å². The van der Waals surface area contributed by atoms with Gasteiger partial charge in [-0.15, -0.1) is 10.2 Å². The number of H-pyrrole nitrogens is 2. The van der Waals surface area contributed by atoms with Crippen molar-refractivity contribution < 1.29 is 0 Å². The highest BCUT2D eigenvalue weighted by molar-refractivity contribution is 7.79. The second kappa shape index (κ2) is 7.09. The molecule has 140 valence electrons. The van der Waals surface area contributed by atoms with Gasteiger partial charge in [-0.1, -0.05) is 20.8 Å². The number of rotatable bonds is 4. The molecule has 27 heavy (non-hydrogen) atoms. The van der Waals surface area contributed by atoms with Crippen molar-refractivity contribution in [1.29, 1.82) is 0 Å². The molecule has 0 fully saturated rings. The van der Waals surface area contributed by atoms with Crippen LogP contribution in [0.1, 0.15) is 38.0 Å². The van der Waals surface area contributed by atoms with Gasteiger partial charge in [0.1, 0.15) is 0 Å². The Morgan fingerprint density at radius 1 is 1.37 bits per heavy atom. The van der Waals surface area contributed by atoms with E-state index in [0.29, 0.717) is 33.8 Å². The minimum atomic E-state index is -0.408. The maximum Gasteiger partial charge on any atom is 0.301 e. The average molecular weight is 403 g/mol. The monoisotopic (exact) mass is 403 g/mol. The molecule has 0 radical (unpaired) electrons. The Morgan fingerprint density at radius 2 is 2.11 bits per heavy atom. The van der Waals surface area contributed by atoms with Crippen LogP contribution >= 0.6 is 24.2 Å². The van der Waals surface area contributed by atoms with Crippen molar-refractivity contribution >= 4 is 41.4 Å². The fourth-order valence-corrected chi connectivity index (χ4v) is 3.20. The van der Waals surface area contributed by atoms with E-state index in [1.807, 2.05) is 20.8 Å². The topological polar surface area (TPSA) is 121 Å². The number of aryl methyl sites for hydroxylation is 1. The fourth-order valence-electron chi connectivity index (χ4n) is 2.31. The van der Waals surface area contributed by atoms with Crippen LogP contribution in [-0.2, 0) is 11.2 Å². The summed E-state index contributed by atoms with van der Waals surface area (Å²) >= 11 is 5.20. The Labute approximate surface area is 164 Å². The fraction of sp³-hybridized carbons (Fsp3) is 0.400. The molecule has 0 aliphatic carbocycles. The molecule has 0 aliphatic rings. The predicted molar refractivity (Wildman–Crippen MR) is 105 cm³/mol. The van der Waals surface area contributed by atoms with Gasteiger partial charge in [0.2, 0.25) is 10.9 Å². The van der Waals surface area contributed by atoms with Crippen molar-refractivity contribution in [1.82, 2.24) is 29.3 Å². The van der Waals surface area contributed by atoms with Gasteiger partial charge in [0, 0.05) is 17.2 Å². The van der Waals surface area contributed by atoms with Crippen LogP contribution < -0.4 is 5.56 Å². The van der Waals surface area contributed by atoms with Gasteiger partial charge in [-0.05, 0) is 12.3 Å². The van der Waals surface area contributed by atoms with Crippen molar-refractivity contribution in [3.63, 3.8) is 0 Å². The summed E-state index contributed by atoms with van der Waals surface area (Å²) in [5, 5.41) is 18.2. The smallest absolute Gasteiger partial charge is 0.291 e. The minimum Gasteiger partial charge on any atom is -0.291 e. The molecular weight excluding hydrogens is 386 g/mol. The maximum atomic E-state index is 12.6. The first-order valence-electron chi connectivity index (χ1n) is 7.89. The van der Waals surface area contributed by atoms with Crippen molar-refractivity contribution in [2.24, 2.45) is 10.2 Å². The lowest BCUT2D eigenvalue weighted by Gasteiger charge is -2.16. The zero-order chi connectivity index (χ0) is 19.8. The number of aromatic nitrogens is 6. The molecule has 0 spiro atoms. The number of nitrogens with zero attached hydrogens (tertiary/aromatic N) is 7. The summed E-state index contributed by atoms with van der Waals surface area (Å²) in [7, 11) is 0. The number of azo groups is 1. The molecule has 0 bridgehead atoms. The van der Waals surface area contributed by atoms with E-state index in [0.717, 1.165) is 11.5 Å². The van der Waals surface area contributed by atoms with Crippen molar-refractivity contribution in [2.75, 3.05) is 0 Å². The third kappa shape index (κ3) is 3.56. The molecular formula is C15H17N9OS2. The first kappa shape index (κ1) is 19.0. The molecule has 3 rings (SSSR count). The molecule has 0 unspecified atom stereocenters. The second-order valence-electron chi connectivity index (χ2n) is 6.71. The third-order valence-corrected chi connectivity index (χ3v) is 4.68. The Bertz CT molecular complexity index is 1100. The van der Waals surface area contributed by atoms with Gasteiger partial charge in [0.15, 0.2) is 11.5 Å². The first-order valence-corrected chi connectivity index (χ1v) is 9.30. The first-order chi connectivity index (χ1) is 12.8. The molecule has 0 saturated heterocycles.